The molecule has 5 nitrogen and oxygen atoms in total. The molecule has 0 spiro atoms. The Bertz CT molecular complexity index is 1170. The van der Waals surface area contributed by atoms with E-state index in [0.717, 1.165) is 0 Å². The van der Waals surface area contributed by atoms with E-state index in [0.29, 0.717) is 17.2 Å². The van der Waals surface area contributed by atoms with Gasteiger partial charge in [0.25, 0.3) is 0 Å². The highest BCUT2D eigenvalue weighted by Crippen LogP contribution is 2.28. The molecule has 5 heteroatoms. The van der Waals surface area contributed by atoms with Gasteiger partial charge < -0.3 is 14.2 Å². The number of rotatable bonds is 6. The summed E-state index contributed by atoms with van der Waals surface area (Å²) in [6, 6.07) is 30.9. The zero-order chi connectivity index (χ0) is 21.5. The number of benzene rings is 4. The lowest BCUT2D eigenvalue weighted by Gasteiger charge is -2.13. The van der Waals surface area contributed by atoms with Crippen molar-refractivity contribution in [3.8, 4) is 23.0 Å². The van der Waals surface area contributed by atoms with Crippen molar-refractivity contribution in [3.63, 3.8) is 0 Å². The van der Waals surface area contributed by atoms with E-state index in [9.17, 15) is 9.59 Å². The number of carbonyl (C=O) groups is 2. The molecular formula is C26H18O5. The van der Waals surface area contributed by atoms with Crippen molar-refractivity contribution in [2.45, 2.75) is 0 Å². The molecule has 0 saturated carbocycles. The van der Waals surface area contributed by atoms with Gasteiger partial charge in [-0.25, -0.2) is 9.59 Å². The van der Waals surface area contributed by atoms with Gasteiger partial charge in [0.05, 0.1) is 5.56 Å². The first-order chi connectivity index (χ1) is 15.2. The molecule has 4 aromatic carbocycles. The highest BCUT2D eigenvalue weighted by molar-refractivity contribution is 5.97. The summed E-state index contributed by atoms with van der Waals surface area (Å²) in [5, 5.41) is 0. The molecule has 0 heterocycles. The third-order valence-corrected chi connectivity index (χ3v) is 4.32. The number of ether oxygens (including phenoxy) is 3. The SMILES string of the molecule is O=C(Oc1ccccc1)c1ccc(C(=O)Oc2ccccc2)c(Oc2ccccc2)c1. The summed E-state index contributed by atoms with van der Waals surface area (Å²) in [5.41, 5.74) is 0.426. The molecule has 0 N–H and O–H groups in total. The Labute approximate surface area is 179 Å². The third kappa shape index (κ3) is 5.16. The van der Waals surface area contributed by atoms with Gasteiger partial charge in [-0.05, 0) is 54.6 Å². The summed E-state index contributed by atoms with van der Waals surface area (Å²) in [5.74, 6) is 0.378. The standard InChI is InChI=1S/C26H18O5/c27-25(30-21-12-6-2-7-13-21)19-16-17-23(26(28)31-22-14-8-3-9-15-22)24(18-19)29-20-10-4-1-5-11-20/h1-18H. The van der Waals surface area contributed by atoms with Gasteiger partial charge in [0, 0.05) is 0 Å². The molecule has 0 atom stereocenters. The second-order valence-electron chi connectivity index (χ2n) is 6.53. The fourth-order valence-corrected chi connectivity index (χ4v) is 2.82. The minimum absolute atomic E-state index is 0.184. The van der Waals surface area contributed by atoms with Gasteiger partial charge >= 0.3 is 11.9 Å². The normalized spacial score (nSPS) is 10.2. The topological polar surface area (TPSA) is 61.8 Å². The predicted octanol–water partition coefficient (Wildman–Crippen LogP) is 5.92. The molecule has 0 saturated heterocycles. The molecule has 31 heavy (non-hydrogen) atoms. The minimum atomic E-state index is -0.597. The number of hydrogen-bond donors (Lipinski definition) is 0. The summed E-state index contributed by atoms with van der Waals surface area (Å²) in [7, 11) is 0. The maximum absolute atomic E-state index is 12.8. The predicted molar refractivity (Wildman–Crippen MR) is 116 cm³/mol. The molecule has 4 rings (SSSR count). The van der Waals surface area contributed by atoms with Crippen LogP contribution >= 0.6 is 0 Å². The van der Waals surface area contributed by atoms with Crippen LogP contribution in [0.2, 0.25) is 0 Å². The van der Waals surface area contributed by atoms with Gasteiger partial charge in [-0.1, -0.05) is 54.6 Å². The Balaban J connectivity index is 1.63. The Morgan fingerprint density at radius 1 is 0.516 bits per heavy atom. The zero-order valence-corrected chi connectivity index (χ0v) is 16.4. The Morgan fingerprint density at radius 2 is 1.00 bits per heavy atom. The first-order valence-electron chi connectivity index (χ1n) is 9.60. The summed E-state index contributed by atoms with van der Waals surface area (Å²) in [6.07, 6.45) is 0. The number of para-hydroxylation sites is 3. The van der Waals surface area contributed by atoms with Crippen molar-refractivity contribution in [1.29, 1.82) is 0 Å². The molecule has 0 amide bonds. The van der Waals surface area contributed by atoms with Crippen molar-refractivity contribution in [2.24, 2.45) is 0 Å². The third-order valence-electron chi connectivity index (χ3n) is 4.32. The van der Waals surface area contributed by atoms with E-state index in [2.05, 4.69) is 0 Å². The van der Waals surface area contributed by atoms with Crippen molar-refractivity contribution in [2.75, 3.05) is 0 Å². The number of hydrogen-bond acceptors (Lipinski definition) is 5. The van der Waals surface area contributed by atoms with Crippen LogP contribution in [0.5, 0.6) is 23.0 Å². The van der Waals surface area contributed by atoms with E-state index < -0.39 is 11.9 Å². The van der Waals surface area contributed by atoms with Crippen molar-refractivity contribution < 1.29 is 23.8 Å². The van der Waals surface area contributed by atoms with Crippen LogP contribution in [0.1, 0.15) is 20.7 Å². The van der Waals surface area contributed by atoms with Gasteiger partial charge in [0.1, 0.15) is 28.6 Å². The lowest BCUT2D eigenvalue weighted by Crippen LogP contribution is -2.13. The highest BCUT2D eigenvalue weighted by Gasteiger charge is 2.19. The van der Waals surface area contributed by atoms with Gasteiger partial charge in [-0.15, -0.1) is 0 Å². The molecule has 0 fully saturated rings. The Hall–Kier alpha value is -4.38. The molecule has 0 aromatic heterocycles. The largest absolute Gasteiger partial charge is 0.456 e. The smallest absolute Gasteiger partial charge is 0.347 e. The molecule has 152 valence electrons. The maximum atomic E-state index is 12.8. The fraction of sp³-hybridized carbons (Fsp3) is 0. The monoisotopic (exact) mass is 410 g/mol. The maximum Gasteiger partial charge on any atom is 0.347 e. The van der Waals surface area contributed by atoms with E-state index in [4.69, 9.17) is 14.2 Å². The molecule has 0 aliphatic rings. The average Bonchev–Trinajstić information content (AvgIpc) is 2.81. The molecule has 0 aliphatic carbocycles. The number of esters is 2. The fourth-order valence-electron chi connectivity index (χ4n) is 2.82. The van der Waals surface area contributed by atoms with E-state index in [1.807, 2.05) is 30.3 Å². The van der Waals surface area contributed by atoms with Crippen LogP contribution in [0.4, 0.5) is 0 Å². The summed E-state index contributed by atoms with van der Waals surface area (Å²) >= 11 is 0. The Morgan fingerprint density at radius 3 is 1.55 bits per heavy atom. The lowest BCUT2D eigenvalue weighted by molar-refractivity contribution is 0.0718. The van der Waals surface area contributed by atoms with E-state index in [-0.39, 0.29) is 16.9 Å². The summed E-state index contributed by atoms with van der Waals surface area (Å²) in [6.45, 7) is 0. The van der Waals surface area contributed by atoms with Crippen LogP contribution in [0.3, 0.4) is 0 Å². The number of carbonyl (C=O) groups excluding carboxylic acids is 2. The molecular weight excluding hydrogens is 392 g/mol. The average molecular weight is 410 g/mol. The molecule has 0 radical (unpaired) electrons. The van der Waals surface area contributed by atoms with Crippen LogP contribution in [0, 0.1) is 0 Å². The summed E-state index contributed by atoms with van der Waals surface area (Å²) < 4.78 is 16.7. The zero-order valence-electron chi connectivity index (χ0n) is 16.4. The van der Waals surface area contributed by atoms with E-state index in [1.165, 1.54) is 18.2 Å². The quantitative estimate of drug-likeness (QED) is 0.292. The summed E-state index contributed by atoms with van der Waals surface area (Å²) in [4.78, 5) is 25.4. The van der Waals surface area contributed by atoms with Gasteiger partial charge in [-0.3, -0.25) is 0 Å². The molecule has 0 unspecified atom stereocenters. The van der Waals surface area contributed by atoms with Crippen molar-refractivity contribution in [1.82, 2.24) is 0 Å². The van der Waals surface area contributed by atoms with E-state index in [1.54, 1.807) is 60.7 Å². The van der Waals surface area contributed by atoms with Crippen LogP contribution in [-0.2, 0) is 0 Å². The van der Waals surface area contributed by atoms with Crippen LogP contribution < -0.4 is 14.2 Å². The van der Waals surface area contributed by atoms with Crippen LogP contribution in [0.15, 0.2) is 109 Å². The first-order valence-corrected chi connectivity index (χ1v) is 9.60. The lowest BCUT2D eigenvalue weighted by atomic mass is 10.1. The van der Waals surface area contributed by atoms with Crippen molar-refractivity contribution in [3.05, 3.63) is 120 Å². The van der Waals surface area contributed by atoms with Gasteiger partial charge in [0.2, 0.25) is 0 Å². The van der Waals surface area contributed by atoms with Crippen LogP contribution in [-0.4, -0.2) is 11.9 Å². The second kappa shape index (κ2) is 9.41. The Kier molecular flexibility index (Phi) is 6.05. The van der Waals surface area contributed by atoms with Gasteiger partial charge in [-0.2, -0.15) is 0 Å². The highest BCUT2D eigenvalue weighted by atomic mass is 16.5. The van der Waals surface area contributed by atoms with Crippen LogP contribution in [0.25, 0.3) is 0 Å². The first kappa shape index (κ1) is 19.9. The second-order valence-corrected chi connectivity index (χ2v) is 6.53. The van der Waals surface area contributed by atoms with Gasteiger partial charge in [0.15, 0.2) is 0 Å². The van der Waals surface area contributed by atoms with Crippen molar-refractivity contribution >= 4 is 11.9 Å². The molecule has 0 aliphatic heterocycles. The van der Waals surface area contributed by atoms with E-state index >= 15 is 0 Å². The minimum Gasteiger partial charge on any atom is -0.456 e. The molecule has 0 bridgehead atoms. The molecule has 4 aromatic rings.